The molecule has 29 heavy (non-hydrogen) atoms. The Kier molecular flexibility index (Phi) is 4.61. The predicted octanol–water partition coefficient (Wildman–Crippen LogP) is 4.22. The van der Waals surface area contributed by atoms with E-state index in [4.69, 9.17) is 9.47 Å². The molecule has 0 saturated heterocycles. The molecular formula is C19H14F4N4O2. The van der Waals surface area contributed by atoms with Crippen LogP contribution in [0.3, 0.4) is 0 Å². The van der Waals surface area contributed by atoms with Gasteiger partial charge in [0.2, 0.25) is 18.4 Å². The Morgan fingerprint density at radius 3 is 2.45 bits per heavy atom. The zero-order chi connectivity index (χ0) is 20.7. The van der Waals surface area contributed by atoms with E-state index in [9.17, 15) is 17.6 Å². The number of aromatic nitrogens is 2. The number of hydrogen-bond acceptors (Lipinski definition) is 5. The Labute approximate surface area is 162 Å². The van der Waals surface area contributed by atoms with Gasteiger partial charge in [-0.05, 0) is 32.0 Å². The lowest BCUT2D eigenvalue weighted by atomic mass is 10.2. The third-order valence-corrected chi connectivity index (χ3v) is 4.46. The highest BCUT2D eigenvalue weighted by Crippen LogP contribution is 2.34. The number of aryl methyl sites for hydroxylation is 1. The van der Waals surface area contributed by atoms with Crippen molar-refractivity contribution in [2.45, 2.75) is 13.8 Å². The summed E-state index contributed by atoms with van der Waals surface area (Å²) in [6, 6.07) is 7.28. The van der Waals surface area contributed by atoms with Crippen LogP contribution < -0.4 is 14.9 Å². The minimum absolute atomic E-state index is 0.162. The lowest BCUT2D eigenvalue weighted by Gasteiger charge is -2.10. The van der Waals surface area contributed by atoms with Gasteiger partial charge in [-0.1, -0.05) is 0 Å². The molecule has 0 bridgehead atoms. The largest absolute Gasteiger partial charge is 0.454 e. The Hall–Kier alpha value is -3.56. The van der Waals surface area contributed by atoms with Crippen molar-refractivity contribution < 1.29 is 27.0 Å². The molecule has 0 fully saturated rings. The van der Waals surface area contributed by atoms with E-state index in [2.05, 4.69) is 10.1 Å². The Morgan fingerprint density at radius 2 is 1.72 bits per heavy atom. The number of anilines is 1. The molecule has 0 spiro atoms. The van der Waals surface area contributed by atoms with Crippen LogP contribution >= 0.6 is 0 Å². The topological polar surface area (TPSA) is 60.7 Å². The molecule has 0 amide bonds. The fourth-order valence-corrected chi connectivity index (χ4v) is 3.09. The SMILES string of the molecule is Cc1cc(/C=N\Nc2c(F)c(F)nc(F)c2F)c(C)n1-c1ccc2c(c1)OCO2. The first kappa shape index (κ1) is 18.8. The van der Waals surface area contributed by atoms with Gasteiger partial charge in [-0.25, -0.2) is 0 Å². The van der Waals surface area contributed by atoms with E-state index in [-0.39, 0.29) is 6.79 Å². The smallest absolute Gasteiger partial charge is 0.254 e. The first-order chi connectivity index (χ1) is 13.9. The second-order valence-corrected chi connectivity index (χ2v) is 6.27. The zero-order valence-corrected chi connectivity index (χ0v) is 15.3. The molecule has 0 aliphatic carbocycles. The van der Waals surface area contributed by atoms with E-state index in [0.717, 1.165) is 17.1 Å². The highest BCUT2D eigenvalue weighted by molar-refractivity contribution is 5.82. The molecule has 1 aliphatic rings. The molecule has 2 aromatic heterocycles. The standard InChI is InChI=1S/C19H14F4N4O2/c1-9-5-11(7-24-26-17-15(20)18(22)25-19(23)16(17)21)10(2)27(9)12-3-4-13-14(6-12)29-8-28-13/h3-7H,8H2,1-2H3,(H,25,26)/b24-7-. The van der Waals surface area contributed by atoms with Gasteiger partial charge in [-0.3, -0.25) is 5.43 Å². The summed E-state index contributed by atoms with van der Waals surface area (Å²) >= 11 is 0. The third-order valence-electron chi connectivity index (χ3n) is 4.46. The van der Waals surface area contributed by atoms with Crippen molar-refractivity contribution in [3.05, 3.63) is 64.7 Å². The average Bonchev–Trinajstić information content (AvgIpc) is 3.26. The van der Waals surface area contributed by atoms with E-state index in [1.807, 2.05) is 36.0 Å². The number of rotatable bonds is 4. The summed E-state index contributed by atoms with van der Waals surface area (Å²) in [5, 5.41) is 3.71. The summed E-state index contributed by atoms with van der Waals surface area (Å²) in [7, 11) is 0. The van der Waals surface area contributed by atoms with Crippen molar-refractivity contribution in [3.8, 4) is 17.2 Å². The summed E-state index contributed by atoms with van der Waals surface area (Å²) in [6.45, 7) is 3.86. The summed E-state index contributed by atoms with van der Waals surface area (Å²) in [6.07, 6.45) is 1.29. The molecule has 0 radical (unpaired) electrons. The molecule has 10 heteroatoms. The van der Waals surface area contributed by atoms with Crippen LogP contribution in [0.25, 0.3) is 5.69 Å². The van der Waals surface area contributed by atoms with E-state index in [0.29, 0.717) is 17.1 Å². The molecule has 0 saturated carbocycles. The van der Waals surface area contributed by atoms with Gasteiger partial charge in [0.05, 0.1) is 6.21 Å². The van der Waals surface area contributed by atoms with Crippen molar-refractivity contribution in [1.29, 1.82) is 0 Å². The lowest BCUT2D eigenvalue weighted by molar-refractivity contribution is 0.174. The van der Waals surface area contributed by atoms with Crippen LogP contribution in [-0.2, 0) is 0 Å². The van der Waals surface area contributed by atoms with Crippen LogP contribution in [0.1, 0.15) is 17.0 Å². The molecule has 3 heterocycles. The number of fused-ring (bicyclic) bond motifs is 1. The molecule has 1 aliphatic heterocycles. The van der Waals surface area contributed by atoms with Crippen molar-refractivity contribution in [2.24, 2.45) is 5.10 Å². The van der Waals surface area contributed by atoms with Gasteiger partial charge in [0.15, 0.2) is 11.5 Å². The van der Waals surface area contributed by atoms with E-state index in [1.165, 1.54) is 6.21 Å². The first-order valence-electron chi connectivity index (χ1n) is 8.45. The fourth-order valence-electron chi connectivity index (χ4n) is 3.09. The zero-order valence-electron chi connectivity index (χ0n) is 15.3. The highest BCUT2D eigenvalue weighted by Gasteiger charge is 2.20. The molecule has 3 aromatic rings. The molecule has 0 atom stereocenters. The van der Waals surface area contributed by atoms with Crippen LogP contribution in [0.2, 0.25) is 0 Å². The van der Waals surface area contributed by atoms with Crippen molar-refractivity contribution >= 4 is 11.9 Å². The van der Waals surface area contributed by atoms with Gasteiger partial charge in [0.1, 0.15) is 5.69 Å². The Balaban J connectivity index is 1.62. The van der Waals surface area contributed by atoms with Crippen LogP contribution in [0.15, 0.2) is 29.4 Å². The van der Waals surface area contributed by atoms with Gasteiger partial charge in [0, 0.05) is 28.7 Å². The van der Waals surface area contributed by atoms with Crippen molar-refractivity contribution in [1.82, 2.24) is 9.55 Å². The molecule has 150 valence electrons. The van der Waals surface area contributed by atoms with Crippen LogP contribution in [0, 0.1) is 37.4 Å². The minimum atomic E-state index is -1.76. The summed E-state index contributed by atoms with van der Waals surface area (Å²) < 4.78 is 66.2. The minimum Gasteiger partial charge on any atom is -0.454 e. The molecule has 6 nitrogen and oxygen atoms in total. The molecule has 4 rings (SSSR count). The van der Waals surface area contributed by atoms with Gasteiger partial charge in [0.25, 0.3) is 11.9 Å². The molecule has 0 unspecified atom stereocenters. The number of pyridine rings is 1. The maximum absolute atomic E-state index is 13.6. The Morgan fingerprint density at radius 1 is 1.03 bits per heavy atom. The van der Waals surface area contributed by atoms with Gasteiger partial charge < -0.3 is 14.0 Å². The average molecular weight is 406 g/mol. The molecular weight excluding hydrogens is 392 g/mol. The quantitative estimate of drug-likeness (QED) is 0.305. The second-order valence-electron chi connectivity index (χ2n) is 6.27. The van der Waals surface area contributed by atoms with Gasteiger partial charge in [-0.2, -0.15) is 27.6 Å². The fraction of sp³-hybridized carbons (Fsp3) is 0.158. The molecule has 1 N–H and O–H groups in total. The first-order valence-corrected chi connectivity index (χ1v) is 8.45. The Bertz CT molecular complexity index is 1120. The number of halogens is 4. The third kappa shape index (κ3) is 3.26. The number of benzene rings is 1. The van der Waals surface area contributed by atoms with E-state index >= 15 is 0 Å². The van der Waals surface area contributed by atoms with Crippen LogP contribution in [-0.4, -0.2) is 22.6 Å². The van der Waals surface area contributed by atoms with Gasteiger partial charge in [-0.15, -0.1) is 0 Å². The number of hydrazone groups is 1. The second kappa shape index (κ2) is 7.12. The maximum Gasteiger partial charge on any atom is 0.254 e. The number of nitrogens with one attached hydrogen (secondary N) is 1. The van der Waals surface area contributed by atoms with Gasteiger partial charge >= 0.3 is 0 Å². The summed E-state index contributed by atoms with van der Waals surface area (Å²) in [5.74, 6) is -5.56. The van der Waals surface area contributed by atoms with E-state index < -0.39 is 29.2 Å². The van der Waals surface area contributed by atoms with Crippen molar-refractivity contribution in [3.63, 3.8) is 0 Å². The summed E-state index contributed by atoms with van der Waals surface area (Å²) in [5.41, 5.74) is 4.03. The maximum atomic E-state index is 13.6. The van der Waals surface area contributed by atoms with Crippen LogP contribution in [0.5, 0.6) is 11.5 Å². The lowest BCUT2D eigenvalue weighted by Crippen LogP contribution is -2.06. The predicted molar refractivity (Wildman–Crippen MR) is 96.7 cm³/mol. The monoisotopic (exact) mass is 406 g/mol. The number of hydrogen-bond donors (Lipinski definition) is 1. The summed E-state index contributed by atoms with van der Waals surface area (Å²) in [4.78, 5) is 2.49. The number of nitrogens with zero attached hydrogens (tertiary/aromatic N) is 3. The number of ether oxygens (including phenoxy) is 2. The van der Waals surface area contributed by atoms with Crippen molar-refractivity contribution in [2.75, 3.05) is 12.2 Å². The van der Waals surface area contributed by atoms with Crippen LogP contribution in [0.4, 0.5) is 23.2 Å². The highest BCUT2D eigenvalue weighted by atomic mass is 19.2. The normalized spacial score (nSPS) is 12.8. The van der Waals surface area contributed by atoms with E-state index in [1.54, 1.807) is 12.1 Å². The molecule has 1 aromatic carbocycles.